The molecule has 3 aromatic rings. The van der Waals surface area contributed by atoms with Crippen LogP contribution in [-0.4, -0.2) is 18.7 Å². The van der Waals surface area contributed by atoms with Crippen molar-refractivity contribution < 1.29 is 9.53 Å². The summed E-state index contributed by atoms with van der Waals surface area (Å²) in [6.07, 6.45) is 8.58. The molecule has 2 aromatic carbocycles. The van der Waals surface area contributed by atoms with E-state index in [2.05, 4.69) is 5.32 Å². The monoisotopic (exact) mass is 432 g/mol. The smallest absolute Gasteiger partial charge is 0.259 e. The number of ether oxygens (including phenoxy) is 1. The third-order valence-corrected chi connectivity index (χ3v) is 6.61. The minimum atomic E-state index is -0.0699. The van der Waals surface area contributed by atoms with Crippen LogP contribution in [0.4, 0.5) is 10.7 Å². The number of carbonyl (C=O) groups is 1. The van der Waals surface area contributed by atoms with Gasteiger partial charge in [-0.2, -0.15) is 0 Å². The van der Waals surface area contributed by atoms with Gasteiger partial charge in [-0.1, -0.05) is 43.2 Å². The number of amides is 1. The summed E-state index contributed by atoms with van der Waals surface area (Å²) in [4.78, 5) is 19.4. The molecule has 0 saturated heterocycles. The Morgan fingerprint density at radius 3 is 2.68 bits per heavy atom. The third kappa shape index (κ3) is 5.42. The largest absolute Gasteiger partial charge is 0.494 e. The predicted octanol–water partition coefficient (Wildman–Crippen LogP) is 6.81. The number of fused-ring (bicyclic) bond motifs is 1. The summed E-state index contributed by atoms with van der Waals surface area (Å²) < 4.78 is 5.60. The van der Waals surface area contributed by atoms with Crippen molar-refractivity contribution in [2.75, 3.05) is 11.9 Å². The molecule has 0 fully saturated rings. The highest BCUT2D eigenvalue weighted by Crippen LogP contribution is 2.39. The van der Waals surface area contributed by atoms with Gasteiger partial charge in [0.25, 0.3) is 5.91 Å². The fourth-order valence-electron chi connectivity index (χ4n) is 3.93. The maximum absolute atomic E-state index is 13.3. The van der Waals surface area contributed by atoms with E-state index in [1.807, 2.05) is 67.7 Å². The zero-order valence-electron chi connectivity index (χ0n) is 17.9. The van der Waals surface area contributed by atoms with Crippen molar-refractivity contribution in [2.24, 2.45) is 4.99 Å². The van der Waals surface area contributed by atoms with E-state index >= 15 is 0 Å². The summed E-state index contributed by atoms with van der Waals surface area (Å²) in [5.41, 5.74) is 3.69. The van der Waals surface area contributed by atoms with Crippen molar-refractivity contribution in [3.05, 3.63) is 76.2 Å². The number of aryl methyl sites for hydroxylation is 1. The number of benzene rings is 2. The van der Waals surface area contributed by atoms with Crippen molar-refractivity contribution in [3.8, 4) is 5.75 Å². The molecule has 0 bridgehead atoms. The van der Waals surface area contributed by atoms with Crippen LogP contribution in [0.5, 0.6) is 5.75 Å². The number of nitrogens with one attached hydrogen (secondary N) is 1. The van der Waals surface area contributed by atoms with E-state index in [9.17, 15) is 4.79 Å². The van der Waals surface area contributed by atoms with Crippen LogP contribution in [0.2, 0.25) is 0 Å². The normalized spacial score (nSPS) is 14.0. The number of carbonyl (C=O) groups excluding carboxylic acids is 1. The van der Waals surface area contributed by atoms with Gasteiger partial charge >= 0.3 is 0 Å². The van der Waals surface area contributed by atoms with E-state index in [4.69, 9.17) is 9.73 Å². The van der Waals surface area contributed by atoms with E-state index in [1.54, 1.807) is 11.3 Å². The Labute approximate surface area is 188 Å². The van der Waals surface area contributed by atoms with Crippen LogP contribution in [0, 0.1) is 0 Å². The highest BCUT2D eigenvalue weighted by molar-refractivity contribution is 7.16. The van der Waals surface area contributed by atoms with Gasteiger partial charge < -0.3 is 10.1 Å². The standard InChI is InChI=1S/C26H28N2O2S/c1-2-30-21-14-10-11-19(17-21)18-27-26-24(25(29)28-20-12-6-5-7-13-20)22-15-8-3-4-9-16-23(22)31-26/h5-7,10-14,17-18H,2-4,8-9,15-16H2,1H3,(H,28,29). The van der Waals surface area contributed by atoms with Crippen molar-refractivity contribution in [3.63, 3.8) is 0 Å². The van der Waals surface area contributed by atoms with Crippen LogP contribution in [-0.2, 0) is 12.8 Å². The number of nitrogens with zero attached hydrogens (tertiary/aromatic N) is 1. The average molecular weight is 433 g/mol. The van der Waals surface area contributed by atoms with E-state index in [-0.39, 0.29) is 5.91 Å². The van der Waals surface area contributed by atoms with Gasteiger partial charge in [-0.25, -0.2) is 4.99 Å². The lowest BCUT2D eigenvalue weighted by Gasteiger charge is -2.12. The molecule has 31 heavy (non-hydrogen) atoms. The molecule has 0 saturated carbocycles. The highest BCUT2D eigenvalue weighted by Gasteiger charge is 2.24. The third-order valence-electron chi connectivity index (χ3n) is 5.41. The molecule has 0 spiro atoms. The summed E-state index contributed by atoms with van der Waals surface area (Å²) in [6, 6.07) is 17.5. The summed E-state index contributed by atoms with van der Waals surface area (Å²) in [5.74, 6) is 0.756. The molecule has 1 amide bonds. The molecule has 5 heteroatoms. The maximum atomic E-state index is 13.3. The fourth-order valence-corrected chi connectivity index (χ4v) is 5.16. The molecular weight excluding hydrogens is 404 g/mol. The van der Waals surface area contributed by atoms with E-state index < -0.39 is 0 Å². The van der Waals surface area contributed by atoms with Crippen LogP contribution in [0.1, 0.15) is 59.0 Å². The van der Waals surface area contributed by atoms with Crippen LogP contribution in [0.15, 0.2) is 59.6 Å². The number of para-hydroxylation sites is 1. The first-order valence-electron chi connectivity index (χ1n) is 11.0. The molecule has 1 aliphatic carbocycles. The van der Waals surface area contributed by atoms with Gasteiger partial charge in [0.05, 0.1) is 12.2 Å². The zero-order valence-corrected chi connectivity index (χ0v) is 18.7. The number of aliphatic imine (C=N–C) groups is 1. The van der Waals surface area contributed by atoms with Gasteiger partial charge in [-0.3, -0.25) is 4.79 Å². The van der Waals surface area contributed by atoms with Crippen LogP contribution < -0.4 is 10.1 Å². The number of rotatable bonds is 6. The summed E-state index contributed by atoms with van der Waals surface area (Å²) in [7, 11) is 0. The molecule has 1 heterocycles. The first-order valence-corrected chi connectivity index (χ1v) is 11.8. The van der Waals surface area contributed by atoms with Gasteiger partial charge in [0.1, 0.15) is 10.8 Å². The highest BCUT2D eigenvalue weighted by atomic mass is 32.1. The summed E-state index contributed by atoms with van der Waals surface area (Å²) >= 11 is 1.67. The lowest BCUT2D eigenvalue weighted by atomic mass is 9.96. The Morgan fingerprint density at radius 2 is 1.87 bits per heavy atom. The zero-order chi connectivity index (χ0) is 21.5. The van der Waals surface area contributed by atoms with Crippen LogP contribution in [0.3, 0.4) is 0 Å². The quantitative estimate of drug-likeness (QED) is 0.435. The second-order valence-electron chi connectivity index (χ2n) is 7.68. The predicted molar refractivity (Wildman–Crippen MR) is 129 cm³/mol. The minimum absolute atomic E-state index is 0.0699. The lowest BCUT2D eigenvalue weighted by Crippen LogP contribution is -2.14. The Bertz CT molecular complexity index is 1060. The van der Waals surface area contributed by atoms with Crippen LogP contribution >= 0.6 is 11.3 Å². The topological polar surface area (TPSA) is 50.7 Å². The van der Waals surface area contributed by atoms with Crippen molar-refractivity contribution >= 4 is 34.1 Å². The number of anilines is 1. The second-order valence-corrected chi connectivity index (χ2v) is 8.77. The minimum Gasteiger partial charge on any atom is -0.494 e. The summed E-state index contributed by atoms with van der Waals surface area (Å²) in [6.45, 7) is 2.60. The van der Waals surface area contributed by atoms with Gasteiger partial charge in [-0.05, 0) is 68.0 Å². The first-order chi connectivity index (χ1) is 15.2. The van der Waals surface area contributed by atoms with E-state index in [0.717, 1.165) is 46.8 Å². The number of hydrogen-bond acceptors (Lipinski definition) is 4. The molecule has 0 unspecified atom stereocenters. The van der Waals surface area contributed by atoms with Crippen molar-refractivity contribution in [2.45, 2.75) is 45.4 Å². The molecule has 1 aromatic heterocycles. The molecule has 0 radical (unpaired) electrons. The maximum Gasteiger partial charge on any atom is 0.259 e. The molecule has 4 rings (SSSR count). The Morgan fingerprint density at radius 1 is 1.06 bits per heavy atom. The fraction of sp³-hybridized carbons (Fsp3) is 0.308. The average Bonchev–Trinajstić information content (AvgIpc) is 3.10. The molecule has 160 valence electrons. The van der Waals surface area contributed by atoms with Gasteiger partial charge in [-0.15, -0.1) is 11.3 Å². The number of thiophene rings is 1. The van der Waals surface area contributed by atoms with Gasteiger partial charge in [0, 0.05) is 16.8 Å². The molecule has 1 N–H and O–H groups in total. The molecule has 4 nitrogen and oxygen atoms in total. The molecular formula is C26H28N2O2S. The molecule has 1 aliphatic rings. The van der Waals surface area contributed by atoms with E-state index in [0.29, 0.717) is 6.61 Å². The second kappa shape index (κ2) is 10.4. The molecule has 0 aliphatic heterocycles. The SMILES string of the molecule is CCOc1cccc(C=Nc2sc3c(c2C(=O)Nc2ccccc2)CCCCCC3)c1. The Kier molecular flexibility index (Phi) is 7.15. The van der Waals surface area contributed by atoms with Gasteiger partial charge in [0.15, 0.2) is 0 Å². The van der Waals surface area contributed by atoms with Gasteiger partial charge in [0.2, 0.25) is 0 Å². The first kappa shape index (κ1) is 21.3. The van der Waals surface area contributed by atoms with Crippen molar-refractivity contribution in [1.82, 2.24) is 0 Å². The molecule has 0 atom stereocenters. The Balaban J connectivity index is 1.68. The lowest BCUT2D eigenvalue weighted by molar-refractivity contribution is 0.102. The summed E-state index contributed by atoms with van der Waals surface area (Å²) in [5, 5.41) is 3.86. The Hall–Kier alpha value is -2.92. The number of hydrogen-bond donors (Lipinski definition) is 1. The van der Waals surface area contributed by atoms with Crippen molar-refractivity contribution in [1.29, 1.82) is 0 Å². The van der Waals surface area contributed by atoms with E-state index in [1.165, 1.54) is 29.7 Å². The van der Waals surface area contributed by atoms with Crippen LogP contribution in [0.25, 0.3) is 0 Å².